The van der Waals surface area contributed by atoms with Crippen molar-refractivity contribution >= 4 is 23.4 Å². The van der Waals surface area contributed by atoms with Crippen molar-refractivity contribution < 1.29 is 14.3 Å². The highest BCUT2D eigenvalue weighted by atomic mass is 35.5. The van der Waals surface area contributed by atoms with Gasteiger partial charge >= 0.3 is 0 Å². The fourth-order valence-electron chi connectivity index (χ4n) is 2.73. The second-order valence-corrected chi connectivity index (χ2v) is 5.89. The van der Waals surface area contributed by atoms with Crippen molar-refractivity contribution in [2.24, 2.45) is 5.92 Å². The van der Waals surface area contributed by atoms with E-state index in [1.807, 2.05) is 12.1 Å². The number of benzene rings is 1. The van der Waals surface area contributed by atoms with Gasteiger partial charge in [-0.1, -0.05) is 11.6 Å². The Labute approximate surface area is 128 Å². The van der Waals surface area contributed by atoms with E-state index in [0.717, 1.165) is 17.7 Å². The quantitative estimate of drug-likeness (QED) is 0.865. The van der Waals surface area contributed by atoms with E-state index in [4.69, 9.17) is 16.3 Å². The maximum atomic E-state index is 12.3. The second-order valence-electron chi connectivity index (χ2n) is 5.46. The van der Waals surface area contributed by atoms with Gasteiger partial charge in [0.1, 0.15) is 18.4 Å². The normalized spacial score (nSPS) is 24.5. The number of piperidine rings is 1. The van der Waals surface area contributed by atoms with Crippen LogP contribution >= 0.6 is 11.6 Å². The zero-order valence-corrected chi connectivity index (χ0v) is 12.3. The summed E-state index contributed by atoms with van der Waals surface area (Å²) in [7, 11) is 0. The van der Waals surface area contributed by atoms with Gasteiger partial charge in [-0.25, -0.2) is 0 Å². The summed E-state index contributed by atoms with van der Waals surface area (Å²) in [4.78, 5) is 24.0. The van der Waals surface area contributed by atoms with Crippen LogP contribution in [-0.4, -0.2) is 31.0 Å². The molecule has 0 aromatic heterocycles. The SMILES string of the molecule is O=C(NC1CCCNC1=O)C1COc2ccc(Cl)cc2C1. The number of halogens is 1. The zero-order chi connectivity index (χ0) is 14.8. The van der Waals surface area contributed by atoms with Crippen LogP contribution < -0.4 is 15.4 Å². The number of carbonyl (C=O) groups excluding carboxylic acids is 2. The van der Waals surface area contributed by atoms with Crippen molar-refractivity contribution in [3.05, 3.63) is 28.8 Å². The maximum Gasteiger partial charge on any atom is 0.242 e. The smallest absolute Gasteiger partial charge is 0.242 e. The summed E-state index contributed by atoms with van der Waals surface area (Å²) < 4.78 is 5.61. The van der Waals surface area contributed by atoms with Gasteiger partial charge in [-0.2, -0.15) is 0 Å². The van der Waals surface area contributed by atoms with Crippen molar-refractivity contribution in [2.75, 3.05) is 13.2 Å². The highest BCUT2D eigenvalue weighted by Crippen LogP contribution is 2.29. The van der Waals surface area contributed by atoms with Gasteiger partial charge in [0.2, 0.25) is 11.8 Å². The zero-order valence-electron chi connectivity index (χ0n) is 11.5. The molecule has 1 aromatic rings. The molecule has 5 nitrogen and oxygen atoms in total. The van der Waals surface area contributed by atoms with Gasteiger partial charge in [0.05, 0.1) is 5.92 Å². The van der Waals surface area contributed by atoms with Gasteiger partial charge in [0.25, 0.3) is 0 Å². The Kier molecular flexibility index (Phi) is 4.01. The Morgan fingerprint density at radius 2 is 2.29 bits per heavy atom. The van der Waals surface area contributed by atoms with Crippen molar-refractivity contribution in [1.29, 1.82) is 0 Å². The average Bonchev–Trinajstić information content (AvgIpc) is 2.48. The van der Waals surface area contributed by atoms with E-state index < -0.39 is 6.04 Å². The van der Waals surface area contributed by atoms with E-state index in [1.54, 1.807) is 6.07 Å². The summed E-state index contributed by atoms with van der Waals surface area (Å²) in [5.41, 5.74) is 0.932. The van der Waals surface area contributed by atoms with Gasteiger partial charge in [0.15, 0.2) is 0 Å². The van der Waals surface area contributed by atoms with Crippen molar-refractivity contribution in [1.82, 2.24) is 10.6 Å². The number of ether oxygens (including phenoxy) is 1. The molecule has 2 heterocycles. The molecule has 2 amide bonds. The van der Waals surface area contributed by atoms with Gasteiger partial charge in [0, 0.05) is 11.6 Å². The largest absolute Gasteiger partial charge is 0.492 e. The predicted octanol–water partition coefficient (Wildman–Crippen LogP) is 1.29. The lowest BCUT2D eigenvalue weighted by Crippen LogP contribution is -2.52. The standard InChI is InChI=1S/C15H17ClN2O3/c16-11-3-4-13-9(7-11)6-10(8-21-13)14(19)18-12-2-1-5-17-15(12)20/h3-4,7,10,12H,1-2,5-6,8H2,(H,17,20)(H,18,19). The molecule has 0 spiro atoms. The Balaban J connectivity index is 1.65. The van der Waals surface area contributed by atoms with Gasteiger partial charge in [-0.15, -0.1) is 0 Å². The summed E-state index contributed by atoms with van der Waals surface area (Å²) in [6.07, 6.45) is 2.15. The Bertz CT molecular complexity index is 576. The minimum absolute atomic E-state index is 0.102. The fraction of sp³-hybridized carbons (Fsp3) is 0.467. The number of rotatable bonds is 2. The number of fused-ring (bicyclic) bond motifs is 1. The van der Waals surface area contributed by atoms with E-state index in [-0.39, 0.29) is 17.7 Å². The lowest BCUT2D eigenvalue weighted by molar-refractivity contribution is -0.132. The second kappa shape index (κ2) is 5.93. The molecule has 0 radical (unpaired) electrons. The molecule has 0 bridgehead atoms. The molecule has 1 aromatic carbocycles. The topological polar surface area (TPSA) is 67.4 Å². The third kappa shape index (κ3) is 3.13. The Hall–Kier alpha value is -1.75. The van der Waals surface area contributed by atoms with Gasteiger partial charge in [-0.05, 0) is 43.0 Å². The molecule has 2 atom stereocenters. The van der Waals surface area contributed by atoms with Gasteiger partial charge < -0.3 is 15.4 Å². The van der Waals surface area contributed by atoms with Crippen LogP contribution in [0.3, 0.4) is 0 Å². The Morgan fingerprint density at radius 1 is 1.43 bits per heavy atom. The molecule has 1 fully saturated rings. The lowest BCUT2D eigenvalue weighted by Gasteiger charge is -2.28. The molecule has 6 heteroatoms. The monoisotopic (exact) mass is 308 g/mol. The minimum atomic E-state index is -0.424. The van der Waals surface area contributed by atoms with E-state index in [9.17, 15) is 9.59 Å². The molecule has 0 saturated carbocycles. The third-order valence-corrected chi connectivity index (χ3v) is 4.14. The molecule has 2 aliphatic heterocycles. The summed E-state index contributed by atoms with van der Waals surface area (Å²) in [6.45, 7) is 1.01. The van der Waals surface area contributed by atoms with E-state index in [2.05, 4.69) is 10.6 Å². The average molecular weight is 309 g/mol. The number of amides is 2. The summed E-state index contributed by atoms with van der Waals surface area (Å²) in [5.74, 6) is 0.252. The van der Waals surface area contributed by atoms with Crippen LogP contribution in [-0.2, 0) is 16.0 Å². The summed E-state index contributed by atoms with van der Waals surface area (Å²) >= 11 is 5.97. The van der Waals surface area contributed by atoms with Gasteiger partial charge in [-0.3, -0.25) is 9.59 Å². The minimum Gasteiger partial charge on any atom is -0.492 e. The maximum absolute atomic E-state index is 12.3. The van der Waals surface area contributed by atoms with Crippen LogP contribution in [0.5, 0.6) is 5.75 Å². The van der Waals surface area contributed by atoms with Crippen LogP contribution in [0.25, 0.3) is 0 Å². The first-order chi connectivity index (χ1) is 10.1. The molecule has 112 valence electrons. The summed E-state index contributed by atoms with van der Waals surface area (Å²) in [6, 6.07) is 4.99. The van der Waals surface area contributed by atoms with E-state index >= 15 is 0 Å². The third-order valence-electron chi connectivity index (χ3n) is 3.90. The van der Waals surface area contributed by atoms with Crippen LogP contribution in [0.15, 0.2) is 18.2 Å². The van der Waals surface area contributed by atoms with Crippen LogP contribution in [0.2, 0.25) is 5.02 Å². The lowest BCUT2D eigenvalue weighted by atomic mass is 9.95. The molecule has 3 rings (SSSR count). The molecular weight excluding hydrogens is 292 g/mol. The highest BCUT2D eigenvalue weighted by Gasteiger charge is 2.30. The van der Waals surface area contributed by atoms with Crippen molar-refractivity contribution in [3.8, 4) is 5.75 Å². The molecule has 2 unspecified atom stereocenters. The summed E-state index contributed by atoms with van der Waals surface area (Å²) in [5, 5.41) is 6.21. The first kappa shape index (κ1) is 14.2. The van der Waals surface area contributed by atoms with Crippen LogP contribution in [0, 0.1) is 5.92 Å². The number of hydrogen-bond acceptors (Lipinski definition) is 3. The highest BCUT2D eigenvalue weighted by molar-refractivity contribution is 6.30. The molecule has 2 N–H and O–H groups in total. The van der Waals surface area contributed by atoms with Crippen molar-refractivity contribution in [3.63, 3.8) is 0 Å². The van der Waals surface area contributed by atoms with Crippen LogP contribution in [0.4, 0.5) is 0 Å². The molecule has 1 saturated heterocycles. The number of nitrogens with one attached hydrogen (secondary N) is 2. The predicted molar refractivity (Wildman–Crippen MR) is 78.3 cm³/mol. The molecular formula is C15H17ClN2O3. The first-order valence-corrected chi connectivity index (χ1v) is 7.50. The van der Waals surface area contributed by atoms with Crippen molar-refractivity contribution in [2.45, 2.75) is 25.3 Å². The Morgan fingerprint density at radius 3 is 3.10 bits per heavy atom. The van der Waals surface area contributed by atoms with Crippen LogP contribution in [0.1, 0.15) is 18.4 Å². The molecule has 0 aliphatic carbocycles. The first-order valence-electron chi connectivity index (χ1n) is 7.13. The van der Waals surface area contributed by atoms with E-state index in [1.165, 1.54) is 0 Å². The molecule has 21 heavy (non-hydrogen) atoms. The molecule has 2 aliphatic rings. The number of hydrogen-bond donors (Lipinski definition) is 2. The number of carbonyl (C=O) groups is 2. The van der Waals surface area contributed by atoms with E-state index in [0.29, 0.717) is 31.0 Å². The fourth-order valence-corrected chi connectivity index (χ4v) is 2.93.